The standard InChI is InChI=1S/C31H34N2O4/c1-22(2)25-13-10-24(11-14-25)12-17-30(34)32-26-15-16-29-27(20-26)33(31(35)21-37-29)18-6-7-19-36-28-9-5-4-8-23(28)3/h4-5,8-17,20,22H,6-7,18-19,21H2,1-3H3,(H,32,34)/b17-12+. The Morgan fingerprint density at radius 3 is 2.62 bits per heavy atom. The lowest BCUT2D eigenvalue weighted by Gasteiger charge is -2.30. The predicted octanol–water partition coefficient (Wildman–Crippen LogP) is 6.35. The summed E-state index contributed by atoms with van der Waals surface area (Å²) in [6.45, 7) is 7.47. The maximum atomic E-state index is 12.6. The summed E-state index contributed by atoms with van der Waals surface area (Å²) in [5, 5.41) is 2.89. The summed E-state index contributed by atoms with van der Waals surface area (Å²) in [6, 6.07) is 21.5. The number of carbonyl (C=O) groups excluding carboxylic acids is 2. The highest BCUT2D eigenvalue weighted by atomic mass is 16.5. The molecule has 0 fully saturated rings. The van der Waals surface area contributed by atoms with E-state index in [0.29, 0.717) is 36.2 Å². The molecule has 37 heavy (non-hydrogen) atoms. The fourth-order valence-electron chi connectivity index (χ4n) is 4.15. The van der Waals surface area contributed by atoms with Gasteiger partial charge in [0, 0.05) is 18.3 Å². The van der Waals surface area contributed by atoms with Crippen LogP contribution in [-0.2, 0) is 9.59 Å². The van der Waals surface area contributed by atoms with Crippen LogP contribution in [0.15, 0.2) is 72.8 Å². The minimum Gasteiger partial charge on any atom is -0.493 e. The van der Waals surface area contributed by atoms with Gasteiger partial charge in [-0.1, -0.05) is 56.3 Å². The predicted molar refractivity (Wildman–Crippen MR) is 148 cm³/mol. The van der Waals surface area contributed by atoms with E-state index >= 15 is 0 Å². The maximum Gasteiger partial charge on any atom is 0.265 e. The fourth-order valence-corrected chi connectivity index (χ4v) is 4.15. The summed E-state index contributed by atoms with van der Waals surface area (Å²) in [5.41, 5.74) is 4.60. The minimum absolute atomic E-state index is 0.0107. The van der Waals surface area contributed by atoms with Crippen molar-refractivity contribution in [3.8, 4) is 11.5 Å². The van der Waals surface area contributed by atoms with Crippen molar-refractivity contribution in [1.82, 2.24) is 0 Å². The molecule has 1 aliphatic heterocycles. The van der Waals surface area contributed by atoms with Crippen LogP contribution in [0.3, 0.4) is 0 Å². The number of amides is 2. The minimum atomic E-state index is -0.240. The maximum absolute atomic E-state index is 12.6. The van der Waals surface area contributed by atoms with E-state index in [0.717, 1.165) is 29.7 Å². The fraction of sp³-hybridized carbons (Fsp3) is 0.290. The van der Waals surface area contributed by atoms with E-state index in [1.54, 1.807) is 29.2 Å². The van der Waals surface area contributed by atoms with E-state index in [4.69, 9.17) is 9.47 Å². The first-order valence-corrected chi connectivity index (χ1v) is 12.8. The molecule has 1 heterocycles. The number of benzene rings is 3. The van der Waals surface area contributed by atoms with Crippen molar-refractivity contribution in [3.63, 3.8) is 0 Å². The third-order valence-electron chi connectivity index (χ3n) is 6.33. The molecule has 0 spiro atoms. The summed E-state index contributed by atoms with van der Waals surface area (Å²) < 4.78 is 11.5. The van der Waals surface area contributed by atoms with E-state index in [1.165, 1.54) is 11.6 Å². The van der Waals surface area contributed by atoms with Crippen molar-refractivity contribution >= 4 is 29.3 Å². The van der Waals surface area contributed by atoms with Gasteiger partial charge < -0.3 is 19.7 Å². The zero-order chi connectivity index (χ0) is 26.2. The van der Waals surface area contributed by atoms with Gasteiger partial charge in [0.25, 0.3) is 5.91 Å². The topological polar surface area (TPSA) is 67.9 Å². The highest BCUT2D eigenvalue weighted by Gasteiger charge is 2.25. The van der Waals surface area contributed by atoms with Crippen molar-refractivity contribution in [2.75, 3.05) is 30.0 Å². The van der Waals surface area contributed by atoms with Crippen LogP contribution in [0.4, 0.5) is 11.4 Å². The Morgan fingerprint density at radius 1 is 1.08 bits per heavy atom. The van der Waals surface area contributed by atoms with Gasteiger partial charge in [-0.05, 0) is 72.7 Å². The van der Waals surface area contributed by atoms with E-state index in [1.807, 2.05) is 43.3 Å². The molecule has 0 bridgehead atoms. The molecule has 0 radical (unpaired) electrons. The number of nitrogens with one attached hydrogen (secondary N) is 1. The van der Waals surface area contributed by atoms with Crippen LogP contribution in [0.25, 0.3) is 6.08 Å². The van der Waals surface area contributed by atoms with Crippen LogP contribution in [-0.4, -0.2) is 31.6 Å². The molecule has 3 aromatic rings. The second kappa shape index (κ2) is 12.3. The van der Waals surface area contributed by atoms with Gasteiger partial charge in [0.15, 0.2) is 6.61 Å². The Hall–Kier alpha value is -4.06. The first-order valence-electron chi connectivity index (χ1n) is 12.8. The Morgan fingerprint density at radius 2 is 1.86 bits per heavy atom. The molecule has 1 aliphatic rings. The van der Waals surface area contributed by atoms with Crippen molar-refractivity contribution in [3.05, 3.63) is 89.5 Å². The van der Waals surface area contributed by atoms with Gasteiger partial charge >= 0.3 is 0 Å². The van der Waals surface area contributed by atoms with Gasteiger partial charge in [-0.2, -0.15) is 0 Å². The summed E-state index contributed by atoms with van der Waals surface area (Å²) in [6.07, 6.45) is 4.90. The van der Waals surface area contributed by atoms with Crippen molar-refractivity contribution in [2.45, 2.75) is 39.5 Å². The number of unbranched alkanes of at least 4 members (excludes halogenated alkanes) is 1. The molecule has 1 N–H and O–H groups in total. The van der Waals surface area contributed by atoms with Gasteiger partial charge in [0.2, 0.25) is 5.91 Å². The van der Waals surface area contributed by atoms with Gasteiger partial charge in [-0.15, -0.1) is 0 Å². The quantitative estimate of drug-likeness (QED) is 0.261. The highest BCUT2D eigenvalue weighted by molar-refractivity contribution is 6.03. The molecule has 192 valence electrons. The Balaban J connectivity index is 1.33. The highest BCUT2D eigenvalue weighted by Crippen LogP contribution is 2.35. The molecule has 2 amide bonds. The van der Waals surface area contributed by atoms with E-state index in [-0.39, 0.29) is 18.4 Å². The number of fused-ring (bicyclic) bond motifs is 1. The molecule has 0 aliphatic carbocycles. The summed E-state index contributed by atoms with van der Waals surface area (Å²) in [5.74, 6) is 1.65. The van der Waals surface area contributed by atoms with E-state index in [2.05, 4.69) is 31.3 Å². The number of hydrogen-bond acceptors (Lipinski definition) is 4. The molecule has 0 atom stereocenters. The summed E-state index contributed by atoms with van der Waals surface area (Å²) in [7, 11) is 0. The summed E-state index contributed by atoms with van der Waals surface area (Å²) in [4.78, 5) is 26.9. The van der Waals surface area contributed by atoms with E-state index in [9.17, 15) is 9.59 Å². The Bertz CT molecular complexity index is 1260. The molecule has 4 rings (SSSR count). The van der Waals surface area contributed by atoms with Crippen molar-refractivity contribution < 1.29 is 19.1 Å². The molecule has 0 aromatic heterocycles. The second-order valence-corrected chi connectivity index (χ2v) is 9.48. The van der Waals surface area contributed by atoms with Crippen LogP contribution in [0, 0.1) is 6.92 Å². The monoisotopic (exact) mass is 498 g/mol. The zero-order valence-electron chi connectivity index (χ0n) is 21.7. The number of carbonyl (C=O) groups is 2. The smallest absolute Gasteiger partial charge is 0.265 e. The van der Waals surface area contributed by atoms with Crippen LogP contribution < -0.4 is 19.7 Å². The lowest BCUT2D eigenvalue weighted by Crippen LogP contribution is -2.39. The molecule has 6 heteroatoms. The first-order chi connectivity index (χ1) is 17.9. The number of anilines is 2. The molecular formula is C31H34N2O4. The Kier molecular flexibility index (Phi) is 8.62. The summed E-state index contributed by atoms with van der Waals surface area (Å²) >= 11 is 0. The lowest BCUT2D eigenvalue weighted by molar-refractivity contribution is -0.121. The molecule has 6 nitrogen and oxygen atoms in total. The third kappa shape index (κ3) is 7.00. The number of rotatable bonds is 10. The van der Waals surface area contributed by atoms with Crippen LogP contribution in [0.5, 0.6) is 11.5 Å². The average molecular weight is 499 g/mol. The number of para-hydroxylation sites is 1. The number of nitrogens with zero attached hydrogens (tertiary/aromatic N) is 1. The average Bonchev–Trinajstić information content (AvgIpc) is 2.89. The lowest BCUT2D eigenvalue weighted by atomic mass is 10.0. The largest absolute Gasteiger partial charge is 0.493 e. The van der Waals surface area contributed by atoms with E-state index < -0.39 is 0 Å². The SMILES string of the molecule is Cc1ccccc1OCCCCN1C(=O)COc2ccc(NC(=O)/C=C/c3ccc(C(C)C)cc3)cc21. The molecule has 0 saturated heterocycles. The van der Waals surface area contributed by atoms with Gasteiger partial charge in [-0.3, -0.25) is 9.59 Å². The normalized spacial score (nSPS) is 13.0. The number of ether oxygens (including phenoxy) is 2. The van der Waals surface area contributed by atoms with Crippen molar-refractivity contribution in [2.24, 2.45) is 0 Å². The molecular weight excluding hydrogens is 464 g/mol. The second-order valence-electron chi connectivity index (χ2n) is 9.48. The molecule has 0 saturated carbocycles. The number of aryl methyl sites for hydroxylation is 1. The van der Waals surface area contributed by atoms with Crippen LogP contribution in [0.2, 0.25) is 0 Å². The zero-order valence-corrected chi connectivity index (χ0v) is 21.7. The first kappa shape index (κ1) is 26.0. The van der Waals surface area contributed by atoms with Gasteiger partial charge in [0.05, 0.1) is 12.3 Å². The van der Waals surface area contributed by atoms with Crippen molar-refractivity contribution in [1.29, 1.82) is 0 Å². The Labute approximate surface area is 218 Å². The van der Waals surface area contributed by atoms with Gasteiger partial charge in [0.1, 0.15) is 11.5 Å². The van der Waals surface area contributed by atoms with Crippen LogP contribution >= 0.6 is 0 Å². The molecule has 3 aromatic carbocycles. The molecule has 0 unspecified atom stereocenters. The van der Waals surface area contributed by atoms with Gasteiger partial charge in [-0.25, -0.2) is 0 Å². The van der Waals surface area contributed by atoms with Crippen LogP contribution in [0.1, 0.15) is 49.3 Å². The third-order valence-corrected chi connectivity index (χ3v) is 6.33. The number of hydrogen-bond donors (Lipinski definition) is 1.